The number of carbonyl (C=O) groups is 2. The lowest BCUT2D eigenvalue weighted by atomic mass is 10.1. The summed E-state index contributed by atoms with van der Waals surface area (Å²) in [5.41, 5.74) is 1.59. The molecule has 0 radical (unpaired) electrons. The van der Waals surface area contributed by atoms with Gasteiger partial charge in [-0.25, -0.2) is 4.39 Å². The lowest BCUT2D eigenvalue weighted by Crippen LogP contribution is -2.50. The molecule has 1 aliphatic carbocycles. The van der Waals surface area contributed by atoms with Crippen molar-refractivity contribution < 1.29 is 18.7 Å². The molecule has 3 rings (SSSR count). The minimum atomic E-state index is -0.621. The van der Waals surface area contributed by atoms with Crippen molar-refractivity contribution in [2.45, 2.75) is 57.7 Å². The monoisotopic (exact) mass is 412 g/mol. The highest BCUT2D eigenvalue weighted by Crippen LogP contribution is 2.20. The third-order valence-electron chi connectivity index (χ3n) is 5.62. The highest BCUT2D eigenvalue weighted by molar-refractivity contribution is 5.88. The van der Waals surface area contributed by atoms with Gasteiger partial charge in [0.15, 0.2) is 0 Å². The Morgan fingerprint density at radius 3 is 2.50 bits per heavy atom. The van der Waals surface area contributed by atoms with Crippen molar-refractivity contribution in [2.24, 2.45) is 0 Å². The van der Waals surface area contributed by atoms with Crippen molar-refractivity contribution in [1.29, 1.82) is 0 Å². The second-order valence-electron chi connectivity index (χ2n) is 7.84. The van der Waals surface area contributed by atoms with Gasteiger partial charge >= 0.3 is 0 Å². The van der Waals surface area contributed by atoms with Gasteiger partial charge in [0.2, 0.25) is 11.8 Å². The zero-order chi connectivity index (χ0) is 21.5. The first kappa shape index (κ1) is 21.8. The number of hydrogen-bond donors (Lipinski definition) is 1. The fourth-order valence-electron chi connectivity index (χ4n) is 3.82. The number of nitrogens with one attached hydrogen (secondary N) is 1. The van der Waals surface area contributed by atoms with Gasteiger partial charge in [-0.2, -0.15) is 0 Å². The SMILES string of the molecule is COc1cccc(CN(C(=O)Cc2ccc(F)cc2)[C@@H](C)C(=O)NC2CCCC2)c1. The summed E-state index contributed by atoms with van der Waals surface area (Å²) in [5, 5.41) is 3.09. The average molecular weight is 413 g/mol. The van der Waals surface area contributed by atoms with Crippen LogP contribution in [0.4, 0.5) is 4.39 Å². The van der Waals surface area contributed by atoms with Crippen molar-refractivity contribution in [2.75, 3.05) is 7.11 Å². The number of benzene rings is 2. The van der Waals surface area contributed by atoms with Gasteiger partial charge in [0, 0.05) is 12.6 Å². The lowest BCUT2D eigenvalue weighted by Gasteiger charge is -2.30. The van der Waals surface area contributed by atoms with E-state index in [1.165, 1.54) is 12.1 Å². The third kappa shape index (κ3) is 5.81. The molecule has 1 aliphatic rings. The van der Waals surface area contributed by atoms with Crippen molar-refractivity contribution >= 4 is 11.8 Å². The lowest BCUT2D eigenvalue weighted by molar-refractivity contribution is -0.140. The summed E-state index contributed by atoms with van der Waals surface area (Å²) in [7, 11) is 1.59. The number of carbonyl (C=O) groups excluding carboxylic acids is 2. The molecule has 1 atom stereocenters. The molecule has 0 unspecified atom stereocenters. The Bertz CT molecular complexity index is 863. The molecule has 0 aliphatic heterocycles. The Balaban J connectivity index is 1.77. The van der Waals surface area contributed by atoms with Crippen LogP contribution >= 0.6 is 0 Å². The van der Waals surface area contributed by atoms with Crippen LogP contribution in [0, 0.1) is 5.82 Å². The molecule has 30 heavy (non-hydrogen) atoms. The predicted molar refractivity (Wildman–Crippen MR) is 114 cm³/mol. The van der Waals surface area contributed by atoms with Crippen molar-refractivity contribution in [3.63, 3.8) is 0 Å². The Morgan fingerprint density at radius 1 is 1.13 bits per heavy atom. The van der Waals surface area contributed by atoms with Crippen molar-refractivity contribution in [1.82, 2.24) is 10.2 Å². The smallest absolute Gasteiger partial charge is 0.242 e. The van der Waals surface area contributed by atoms with E-state index in [1.807, 2.05) is 24.3 Å². The molecule has 1 fully saturated rings. The number of nitrogens with zero attached hydrogens (tertiary/aromatic N) is 1. The molecule has 0 saturated heterocycles. The van der Waals surface area contributed by atoms with Gasteiger partial charge in [-0.05, 0) is 55.2 Å². The molecule has 2 amide bonds. The summed E-state index contributed by atoms with van der Waals surface area (Å²) < 4.78 is 18.5. The van der Waals surface area contributed by atoms with Gasteiger partial charge < -0.3 is 15.0 Å². The molecule has 0 spiro atoms. The van der Waals surface area contributed by atoms with Gasteiger partial charge in [-0.3, -0.25) is 9.59 Å². The molecule has 1 saturated carbocycles. The molecule has 2 aromatic rings. The third-order valence-corrected chi connectivity index (χ3v) is 5.62. The van der Waals surface area contributed by atoms with E-state index >= 15 is 0 Å². The highest BCUT2D eigenvalue weighted by atomic mass is 19.1. The normalized spacial score (nSPS) is 14.9. The molecule has 0 heterocycles. The summed E-state index contributed by atoms with van der Waals surface area (Å²) in [5.74, 6) is 0.0287. The second kappa shape index (κ2) is 10.2. The fourth-order valence-corrected chi connectivity index (χ4v) is 3.82. The van der Waals surface area contributed by atoms with E-state index in [0.29, 0.717) is 11.3 Å². The van der Waals surface area contributed by atoms with Gasteiger partial charge in [-0.1, -0.05) is 37.1 Å². The van der Waals surface area contributed by atoms with Crippen LogP contribution in [0.15, 0.2) is 48.5 Å². The van der Waals surface area contributed by atoms with E-state index < -0.39 is 6.04 Å². The quantitative estimate of drug-likeness (QED) is 0.716. The molecular formula is C24H29FN2O3. The number of ether oxygens (including phenoxy) is 1. The standard InChI is InChI=1S/C24H29FN2O3/c1-17(24(29)26-21-7-3-4-8-21)27(16-19-6-5-9-22(14-19)30-2)23(28)15-18-10-12-20(25)13-11-18/h5-6,9-14,17,21H,3-4,7-8,15-16H2,1-2H3,(H,26,29)/t17-/m0/s1. The van der Waals surface area contributed by atoms with Crippen LogP contribution in [-0.4, -0.2) is 35.9 Å². The van der Waals surface area contributed by atoms with Crippen LogP contribution < -0.4 is 10.1 Å². The Hall–Kier alpha value is -2.89. The number of hydrogen-bond acceptors (Lipinski definition) is 3. The largest absolute Gasteiger partial charge is 0.497 e. The van der Waals surface area contributed by atoms with Gasteiger partial charge in [0.25, 0.3) is 0 Å². The van der Waals surface area contributed by atoms with Crippen LogP contribution in [0.1, 0.15) is 43.7 Å². The summed E-state index contributed by atoms with van der Waals surface area (Å²) in [6, 6.07) is 12.9. The summed E-state index contributed by atoms with van der Waals surface area (Å²) in [6.07, 6.45) is 4.31. The van der Waals surface area contributed by atoms with Gasteiger partial charge in [0.1, 0.15) is 17.6 Å². The highest BCUT2D eigenvalue weighted by Gasteiger charge is 2.28. The fraction of sp³-hybridized carbons (Fsp3) is 0.417. The molecule has 160 valence electrons. The van der Waals surface area contributed by atoms with Crippen molar-refractivity contribution in [3.05, 3.63) is 65.5 Å². The Kier molecular flexibility index (Phi) is 7.44. The molecule has 0 bridgehead atoms. The van der Waals surface area contributed by atoms with E-state index in [-0.39, 0.29) is 36.6 Å². The number of rotatable bonds is 8. The predicted octanol–water partition coefficient (Wildman–Crippen LogP) is 3.85. The maximum absolute atomic E-state index is 13.2. The summed E-state index contributed by atoms with van der Waals surface area (Å²) in [6.45, 7) is 2.05. The maximum atomic E-state index is 13.2. The van der Waals surface area contributed by atoms with E-state index in [2.05, 4.69) is 5.32 Å². The Morgan fingerprint density at radius 2 is 1.83 bits per heavy atom. The second-order valence-corrected chi connectivity index (χ2v) is 7.84. The number of halogens is 1. The minimum Gasteiger partial charge on any atom is -0.497 e. The molecule has 5 nitrogen and oxygen atoms in total. The molecule has 2 aromatic carbocycles. The van der Waals surface area contributed by atoms with Crippen molar-refractivity contribution in [3.8, 4) is 5.75 Å². The zero-order valence-electron chi connectivity index (χ0n) is 17.6. The van der Waals surface area contributed by atoms with E-state index in [9.17, 15) is 14.0 Å². The minimum absolute atomic E-state index is 0.102. The van der Waals surface area contributed by atoms with Crippen LogP contribution in [-0.2, 0) is 22.6 Å². The molecule has 1 N–H and O–H groups in total. The van der Waals surface area contributed by atoms with Crippen LogP contribution in [0.2, 0.25) is 0 Å². The van der Waals surface area contributed by atoms with E-state index in [4.69, 9.17) is 4.74 Å². The average Bonchev–Trinajstić information content (AvgIpc) is 3.26. The topological polar surface area (TPSA) is 58.6 Å². The molecule has 6 heteroatoms. The first-order valence-electron chi connectivity index (χ1n) is 10.4. The van der Waals surface area contributed by atoms with Gasteiger partial charge in [0.05, 0.1) is 13.5 Å². The first-order chi connectivity index (χ1) is 14.5. The molecular weight excluding hydrogens is 383 g/mol. The van der Waals surface area contributed by atoms with E-state index in [0.717, 1.165) is 31.2 Å². The van der Waals surface area contributed by atoms with Gasteiger partial charge in [-0.15, -0.1) is 0 Å². The van der Waals surface area contributed by atoms with Crippen LogP contribution in [0.5, 0.6) is 5.75 Å². The summed E-state index contributed by atoms with van der Waals surface area (Å²) in [4.78, 5) is 27.6. The van der Waals surface area contributed by atoms with E-state index in [1.54, 1.807) is 31.1 Å². The first-order valence-corrected chi connectivity index (χ1v) is 10.4. The number of amides is 2. The molecule has 0 aromatic heterocycles. The van der Waals surface area contributed by atoms with Crippen LogP contribution in [0.3, 0.4) is 0 Å². The maximum Gasteiger partial charge on any atom is 0.242 e. The van der Waals surface area contributed by atoms with Crippen LogP contribution in [0.25, 0.3) is 0 Å². The summed E-state index contributed by atoms with van der Waals surface area (Å²) >= 11 is 0. The Labute approximate surface area is 177 Å². The number of methoxy groups -OCH3 is 1. The zero-order valence-corrected chi connectivity index (χ0v) is 17.6.